The molecule has 0 saturated heterocycles. The van der Waals surface area contributed by atoms with Crippen molar-refractivity contribution >= 4 is 6.08 Å². The van der Waals surface area contributed by atoms with Crippen LogP contribution in [0.1, 0.15) is 26.0 Å². The van der Waals surface area contributed by atoms with E-state index in [1.54, 1.807) is 0 Å². The van der Waals surface area contributed by atoms with Gasteiger partial charge in [-0.1, -0.05) is 39.6 Å². The summed E-state index contributed by atoms with van der Waals surface area (Å²) in [6.45, 7) is 4.57. The van der Waals surface area contributed by atoms with E-state index in [-0.39, 0.29) is 14.9 Å². The van der Waals surface area contributed by atoms with Crippen LogP contribution in [0.2, 0.25) is 0 Å². The first-order valence-electron chi connectivity index (χ1n) is 3.79. The first-order chi connectivity index (χ1) is 5.42. The third-order valence-corrected chi connectivity index (χ3v) is 2.00. The molecule has 1 aliphatic rings. The van der Waals surface area contributed by atoms with Crippen molar-refractivity contribution in [2.75, 3.05) is 6.61 Å². The van der Waals surface area contributed by atoms with Crippen LogP contribution in [-0.2, 0) is 6.42 Å². The van der Waals surface area contributed by atoms with Crippen LogP contribution in [-0.4, -0.2) is 6.61 Å². The van der Waals surface area contributed by atoms with Crippen LogP contribution in [0.15, 0.2) is 24.8 Å². The van der Waals surface area contributed by atoms with Gasteiger partial charge in [-0.2, -0.15) is 0 Å². The monoisotopic (exact) mass is 178 g/mol. The lowest BCUT2D eigenvalue weighted by Gasteiger charge is -2.00. The van der Waals surface area contributed by atoms with E-state index >= 15 is 0 Å². The van der Waals surface area contributed by atoms with E-state index in [1.807, 2.05) is 18.2 Å². The van der Waals surface area contributed by atoms with Gasteiger partial charge in [0.15, 0.2) is 0 Å². The fourth-order valence-electron chi connectivity index (χ4n) is 1.44. The molecule has 0 aliphatic carbocycles. The summed E-state index contributed by atoms with van der Waals surface area (Å²) >= 11 is 0. The van der Waals surface area contributed by atoms with Crippen LogP contribution in [0.5, 0.6) is 5.75 Å². The molecule has 72 valence electrons. The normalized spacial score (nSPS) is 11.7. The number of hydrogen-bond acceptors (Lipinski definition) is 1. The van der Waals surface area contributed by atoms with E-state index in [9.17, 15) is 0 Å². The molecule has 0 atom stereocenters. The summed E-state index contributed by atoms with van der Waals surface area (Å²) < 4.78 is 5.39. The van der Waals surface area contributed by atoms with Gasteiger partial charge in [-0.3, -0.25) is 0 Å². The molecule has 2 rings (SSSR count). The lowest BCUT2D eigenvalue weighted by Crippen LogP contribution is -1.86. The molecule has 0 fully saturated rings. The van der Waals surface area contributed by atoms with Gasteiger partial charge in [0.2, 0.25) is 0 Å². The summed E-state index contributed by atoms with van der Waals surface area (Å²) in [6.07, 6.45) is 2.91. The summed E-state index contributed by atoms with van der Waals surface area (Å²) in [5, 5.41) is 0. The van der Waals surface area contributed by atoms with Gasteiger partial charge in [0.1, 0.15) is 5.75 Å². The lowest BCUT2D eigenvalue weighted by molar-refractivity contribution is 0.357. The average Bonchev–Trinajstić information content (AvgIpc) is 2.50. The lowest BCUT2D eigenvalue weighted by atomic mass is 10.1. The van der Waals surface area contributed by atoms with Crippen LogP contribution in [0.4, 0.5) is 0 Å². The van der Waals surface area contributed by atoms with Crippen LogP contribution in [0, 0.1) is 0 Å². The Labute approximate surface area is 81.1 Å². The third kappa shape index (κ3) is 1.92. The van der Waals surface area contributed by atoms with Gasteiger partial charge in [-0.15, -0.1) is 0 Å². The minimum Gasteiger partial charge on any atom is -0.493 e. The number of benzene rings is 1. The molecular formula is C12H18O. The smallest absolute Gasteiger partial charge is 0.123 e. The van der Waals surface area contributed by atoms with Crippen molar-refractivity contribution in [3.8, 4) is 5.75 Å². The zero-order chi connectivity index (χ0) is 7.68. The summed E-state index contributed by atoms with van der Waals surface area (Å²) in [7, 11) is 0. The molecule has 1 aliphatic heterocycles. The summed E-state index contributed by atoms with van der Waals surface area (Å²) in [6, 6.07) is 6.08. The third-order valence-electron chi connectivity index (χ3n) is 2.00. The van der Waals surface area contributed by atoms with Gasteiger partial charge < -0.3 is 4.74 Å². The number of fused-ring (bicyclic) bond motifs is 1. The van der Waals surface area contributed by atoms with Gasteiger partial charge >= 0.3 is 0 Å². The van der Waals surface area contributed by atoms with E-state index in [0.29, 0.717) is 0 Å². The van der Waals surface area contributed by atoms with Crippen LogP contribution in [0.25, 0.3) is 6.08 Å². The molecule has 1 heterocycles. The highest BCUT2D eigenvalue weighted by Crippen LogP contribution is 2.28. The fourth-order valence-corrected chi connectivity index (χ4v) is 1.44. The van der Waals surface area contributed by atoms with Crippen molar-refractivity contribution in [2.45, 2.75) is 21.3 Å². The number of ether oxygens (including phenoxy) is 1. The van der Waals surface area contributed by atoms with Crippen LogP contribution >= 0.6 is 0 Å². The van der Waals surface area contributed by atoms with Gasteiger partial charge in [-0.05, 0) is 11.6 Å². The molecule has 0 amide bonds. The quantitative estimate of drug-likeness (QED) is 0.639. The Kier molecular flexibility index (Phi) is 4.26. The maximum atomic E-state index is 5.39. The Hall–Kier alpha value is -1.24. The molecule has 0 saturated carbocycles. The highest BCUT2D eigenvalue weighted by molar-refractivity contribution is 5.57. The summed E-state index contributed by atoms with van der Waals surface area (Å²) in [4.78, 5) is 0. The molecule has 0 bridgehead atoms. The predicted molar refractivity (Wildman–Crippen MR) is 59.2 cm³/mol. The highest BCUT2D eigenvalue weighted by atomic mass is 16.5. The summed E-state index contributed by atoms with van der Waals surface area (Å²) in [5.74, 6) is 1.03. The average molecular weight is 178 g/mol. The van der Waals surface area contributed by atoms with Crippen molar-refractivity contribution in [3.05, 3.63) is 35.9 Å². The Morgan fingerprint density at radius 1 is 1.31 bits per heavy atom. The van der Waals surface area contributed by atoms with Gasteiger partial charge in [0.05, 0.1) is 6.61 Å². The Morgan fingerprint density at radius 2 is 2.08 bits per heavy atom. The first kappa shape index (κ1) is 11.8. The topological polar surface area (TPSA) is 9.23 Å². The second-order valence-corrected chi connectivity index (χ2v) is 2.63. The second-order valence-electron chi connectivity index (χ2n) is 2.63. The molecule has 0 aromatic heterocycles. The first-order valence-corrected chi connectivity index (χ1v) is 3.79. The van der Waals surface area contributed by atoms with Crippen molar-refractivity contribution in [1.29, 1.82) is 0 Å². The van der Waals surface area contributed by atoms with Crippen molar-refractivity contribution < 1.29 is 4.74 Å². The van der Waals surface area contributed by atoms with E-state index in [4.69, 9.17) is 4.74 Å². The van der Waals surface area contributed by atoms with Gasteiger partial charge in [0.25, 0.3) is 0 Å². The molecule has 0 unspecified atom stereocenters. The Bertz CT molecular complexity index is 289. The minimum absolute atomic E-state index is 0. The molecular weight excluding hydrogens is 160 g/mol. The minimum atomic E-state index is 0. The standard InChI is InChI=1S/C10H10O.2CH4/c1-2-8-4-3-5-10-9(8)6-7-11-10;;/h2-5H,1,6-7H2;2*1H4. The molecule has 0 spiro atoms. The number of rotatable bonds is 1. The van der Waals surface area contributed by atoms with Gasteiger partial charge in [-0.25, -0.2) is 0 Å². The van der Waals surface area contributed by atoms with E-state index in [0.717, 1.165) is 18.8 Å². The molecule has 1 aromatic rings. The fraction of sp³-hybridized carbons (Fsp3) is 0.333. The predicted octanol–water partition coefficient (Wildman–Crippen LogP) is 3.54. The van der Waals surface area contributed by atoms with Crippen molar-refractivity contribution in [1.82, 2.24) is 0 Å². The zero-order valence-electron chi connectivity index (χ0n) is 6.34. The molecule has 1 aromatic carbocycles. The van der Waals surface area contributed by atoms with Crippen molar-refractivity contribution in [3.63, 3.8) is 0 Å². The molecule has 1 nitrogen and oxygen atoms in total. The largest absolute Gasteiger partial charge is 0.493 e. The van der Waals surface area contributed by atoms with Crippen LogP contribution in [0.3, 0.4) is 0 Å². The van der Waals surface area contributed by atoms with Crippen molar-refractivity contribution in [2.24, 2.45) is 0 Å². The Balaban J connectivity index is 0.000000720. The van der Waals surface area contributed by atoms with Gasteiger partial charge in [0, 0.05) is 12.0 Å². The molecule has 0 N–H and O–H groups in total. The molecule has 13 heavy (non-hydrogen) atoms. The van der Waals surface area contributed by atoms with E-state index in [1.165, 1.54) is 11.1 Å². The van der Waals surface area contributed by atoms with Crippen LogP contribution < -0.4 is 4.74 Å². The highest BCUT2D eigenvalue weighted by Gasteiger charge is 2.13. The Morgan fingerprint density at radius 3 is 2.77 bits per heavy atom. The summed E-state index contributed by atoms with van der Waals surface area (Å²) in [5.41, 5.74) is 2.52. The second kappa shape index (κ2) is 4.70. The van der Waals surface area contributed by atoms with E-state index < -0.39 is 0 Å². The maximum absolute atomic E-state index is 5.39. The molecule has 1 heteroatoms. The van der Waals surface area contributed by atoms with E-state index in [2.05, 4.69) is 12.6 Å². The zero-order valence-corrected chi connectivity index (χ0v) is 6.34. The molecule has 0 radical (unpaired) electrons. The SMILES string of the molecule is C.C.C=Cc1cccc2c1CCO2. The number of hydrogen-bond donors (Lipinski definition) is 0. The maximum Gasteiger partial charge on any atom is 0.123 e.